The highest BCUT2D eigenvalue weighted by Crippen LogP contribution is 2.29. The lowest BCUT2D eigenvalue weighted by Crippen LogP contribution is -2.39. The number of nitrogens with two attached hydrogens (primary N) is 1. The SMILES string of the molecule is NC(=O)c1ncccc1OCC1CCCN1C(=O)c1ccc(C(F)(F)F)cn1. The van der Waals surface area contributed by atoms with E-state index < -0.39 is 23.6 Å². The number of ether oxygens (including phenoxy) is 1. The van der Waals surface area contributed by atoms with Gasteiger partial charge in [0.15, 0.2) is 11.4 Å². The molecule has 0 aliphatic carbocycles. The van der Waals surface area contributed by atoms with Crippen LogP contribution in [0.3, 0.4) is 0 Å². The first-order valence-corrected chi connectivity index (χ1v) is 8.49. The standard InChI is InChI=1S/C18H17F3N4O3/c19-18(20,21)11-5-6-13(24-9-11)17(27)25-8-2-3-12(25)10-28-14-4-1-7-23-15(14)16(22)26/h1,4-7,9,12H,2-3,8,10H2,(H2,22,26). The van der Waals surface area contributed by atoms with Gasteiger partial charge in [0, 0.05) is 18.9 Å². The van der Waals surface area contributed by atoms with Gasteiger partial charge in [-0.15, -0.1) is 0 Å². The fourth-order valence-electron chi connectivity index (χ4n) is 2.99. The Hall–Kier alpha value is -3.17. The molecule has 1 aliphatic heterocycles. The Kier molecular flexibility index (Phi) is 5.48. The molecule has 148 valence electrons. The van der Waals surface area contributed by atoms with Crippen LogP contribution in [0.4, 0.5) is 13.2 Å². The molecule has 0 spiro atoms. The molecule has 0 bridgehead atoms. The Morgan fingerprint density at radius 1 is 1.25 bits per heavy atom. The molecular formula is C18H17F3N4O3. The first kappa shape index (κ1) is 19.6. The minimum absolute atomic E-state index is 0.0113. The van der Waals surface area contributed by atoms with E-state index in [1.165, 1.54) is 11.1 Å². The third kappa shape index (κ3) is 4.21. The van der Waals surface area contributed by atoms with Crippen LogP contribution >= 0.6 is 0 Å². The predicted octanol–water partition coefficient (Wildman–Crippen LogP) is 2.28. The maximum Gasteiger partial charge on any atom is 0.417 e. The van der Waals surface area contributed by atoms with Gasteiger partial charge in [0.05, 0.1) is 11.6 Å². The van der Waals surface area contributed by atoms with Crippen LogP contribution in [0.5, 0.6) is 5.75 Å². The summed E-state index contributed by atoms with van der Waals surface area (Å²) in [6, 6.07) is 4.72. The molecule has 1 fully saturated rings. The normalized spacial score (nSPS) is 16.8. The minimum Gasteiger partial charge on any atom is -0.489 e. The molecule has 28 heavy (non-hydrogen) atoms. The molecule has 3 heterocycles. The van der Waals surface area contributed by atoms with Crippen molar-refractivity contribution in [1.29, 1.82) is 0 Å². The number of amides is 2. The van der Waals surface area contributed by atoms with Crippen molar-refractivity contribution in [2.45, 2.75) is 25.1 Å². The van der Waals surface area contributed by atoms with E-state index in [-0.39, 0.29) is 29.8 Å². The minimum atomic E-state index is -4.51. The van der Waals surface area contributed by atoms with Gasteiger partial charge in [0.1, 0.15) is 12.3 Å². The molecule has 2 aromatic rings. The van der Waals surface area contributed by atoms with Crippen LogP contribution in [-0.4, -0.2) is 45.9 Å². The van der Waals surface area contributed by atoms with Gasteiger partial charge in [0.2, 0.25) is 0 Å². The molecule has 10 heteroatoms. The number of carbonyl (C=O) groups excluding carboxylic acids is 2. The van der Waals surface area contributed by atoms with Crippen LogP contribution in [0, 0.1) is 0 Å². The Bertz CT molecular complexity index is 871. The molecule has 2 aromatic heterocycles. The number of rotatable bonds is 5. The molecule has 0 saturated carbocycles. The van der Waals surface area contributed by atoms with Crippen molar-refractivity contribution >= 4 is 11.8 Å². The second-order valence-corrected chi connectivity index (χ2v) is 6.25. The third-order valence-corrected chi connectivity index (χ3v) is 4.38. The summed E-state index contributed by atoms with van der Waals surface area (Å²) in [6.07, 6.45) is -1.09. The lowest BCUT2D eigenvalue weighted by atomic mass is 10.2. The first-order valence-electron chi connectivity index (χ1n) is 8.49. The van der Waals surface area contributed by atoms with E-state index >= 15 is 0 Å². The fraction of sp³-hybridized carbons (Fsp3) is 0.333. The monoisotopic (exact) mass is 394 g/mol. The van der Waals surface area contributed by atoms with E-state index in [0.717, 1.165) is 18.6 Å². The Morgan fingerprint density at radius 2 is 2.04 bits per heavy atom. The van der Waals surface area contributed by atoms with Gasteiger partial charge in [-0.05, 0) is 37.1 Å². The van der Waals surface area contributed by atoms with Crippen LogP contribution in [0.2, 0.25) is 0 Å². The lowest BCUT2D eigenvalue weighted by Gasteiger charge is -2.24. The summed E-state index contributed by atoms with van der Waals surface area (Å²) in [5, 5.41) is 0. The number of hydrogen-bond donors (Lipinski definition) is 1. The summed E-state index contributed by atoms with van der Waals surface area (Å²) >= 11 is 0. The molecule has 1 atom stereocenters. The molecule has 2 N–H and O–H groups in total. The Labute approximate surface area is 158 Å². The fourth-order valence-corrected chi connectivity index (χ4v) is 2.99. The summed E-state index contributed by atoms with van der Waals surface area (Å²) < 4.78 is 43.6. The summed E-state index contributed by atoms with van der Waals surface area (Å²) in [5.41, 5.74) is 4.26. The highest BCUT2D eigenvalue weighted by atomic mass is 19.4. The summed E-state index contributed by atoms with van der Waals surface area (Å²) in [4.78, 5) is 33.1. The zero-order valence-corrected chi connectivity index (χ0v) is 14.6. The molecule has 1 aliphatic rings. The lowest BCUT2D eigenvalue weighted by molar-refractivity contribution is -0.137. The largest absolute Gasteiger partial charge is 0.489 e. The molecule has 0 radical (unpaired) electrons. The number of aromatic nitrogens is 2. The average Bonchev–Trinajstić information content (AvgIpc) is 3.14. The van der Waals surface area contributed by atoms with Crippen molar-refractivity contribution in [3.05, 3.63) is 53.6 Å². The smallest absolute Gasteiger partial charge is 0.417 e. The van der Waals surface area contributed by atoms with Crippen molar-refractivity contribution in [3.8, 4) is 5.75 Å². The van der Waals surface area contributed by atoms with E-state index in [4.69, 9.17) is 10.5 Å². The Morgan fingerprint density at radius 3 is 2.68 bits per heavy atom. The van der Waals surface area contributed by atoms with E-state index in [9.17, 15) is 22.8 Å². The number of halogens is 3. The Balaban J connectivity index is 1.69. The zero-order chi connectivity index (χ0) is 20.3. The number of alkyl halides is 3. The van der Waals surface area contributed by atoms with Gasteiger partial charge < -0.3 is 15.4 Å². The van der Waals surface area contributed by atoms with Crippen LogP contribution < -0.4 is 10.5 Å². The third-order valence-electron chi connectivity index (χ3n) is 4.38. The van der Waals surface area contributed by atoms with Gasteiger partial charge in [0.25, 0.3) is 11.8 Å². The second kappa shape index (κ2) is 7.83. The van der Waals surface area contributed by atoms with Gasteiger partial charge in [-0.2, -0.15) is 13.2 Å². The number of hydrogen-bond acceptors (Lipinski definition) is 5. The molecule has 0 aromatic carbocycles. The van der Waals surface area contributed by atoms with Gasteiger partial charge >= 0.3 is 6.18 Å². The number of carbonyl (C=O) groups is 2. The zero-order valence-electron chi connectivity index (χ0n) is 14.6. The van der Waals surface area contributed by atoms with Crippen LogP contribution in [0.15, 0.2) is 36.7 Å². The van der Waals surface area contributed by atoms with Gasteiger partial charge in [-0.3, -0.25) is 14.6 Å². The number of pyridine rings is 2. The molecule has 1 unspecified atom stereocenters. The average molecular weight is 394 g/mol. The van der Waals surface area contributed by atoms with E-state index in [1.807, 2.05) is 0 Å². The molecule has 1 saturated heterocycles. The van der Waals surface area contributed by atoms with Crippen LogP contribution in [-0.2, 0) is 6.18 Å². The quantitative estimate of drug-likeness (QED) is 0.839. The molecule has 2 amide bonds. The molecule has 3 rings (SSSR count). The molecule has 7 nitrogen and oxygen atoms in total. The van der Waals surface area contributed by atoms with Crippen molar-refractivity contribution in [2.24, 2.45) is 5.73 Å². The van der Waals surface area contributed by atoms with E-state index in [1.54, 1.807) is 12.1 Å². The van der Waals surface area contributed by atoms with E-state index in [2.05, 4.69) is 9.97 Å². The molecular weight excluding hydrogens is 377 g/mol. The van der Waals surface area contributed by atoms with Crippen molar-refractivity contribution in [1.82, 2.24) is 14.9 Å². The number of nitrogens with zero attached hydrogens (tertiary/aromatic N) is 3. The summed E-state index contributed by atoms with van der Waals surface area (Å²) in [7, 11) is 0. The first-order chi connectivity index (χ1) is 13.3. The highest BCUT2D eigenvalue weighted by Gasteiger charge is 2.33. The topological polar surface area (TPSA) is 98.4 Å². The summed E-state index contributed by atoms with van der Waals surface area (Å²) in [5.74, 6) is -0.994. The summed E-state index contributed by atoms with van der Waals surface area (Å²) in [6.45, 7) is 0.531. The second-order valence-electron chi connectivity index (χ2n) is 6.25. The number of primary amides is 1. The van der Waals surface area contributed by atoms with Crippen LogP contribution in [0.1, 0.15) is 39.4 Å². The maximum absolute atomic E-state index is 12.6. The van der Waals surface area contributed by atoms with Crippen molar-refractivity contribution in [3.63, 3.8) is 0 Å². The van der Waals surface area contributed by atoms with E-state index in [0.29, 0.717) is 19.2 Å². The van der Waals surface area contributed by atoms with Gasteiger partial charge in [-0.1, -0.05) is 0 Å². The predicted molar refractivity (Wildman–Crippen MR) is 91.5 cm³/mol. The van der Waals surface area contributed by atoms with Crippen molar-refractivity contribution in [2.75, 3.05) is 13.2 Å². The van der Waals surface area contributed by atoms with Crippen LogP contribution in [0.25, 0.3) is 0 Å². The van der Waals surface area contributed by atoms with Crippen molar-refractivity contribution < 1.29 is 27.5 Å². The number of likely N-dealkylation sites (tertiary alicyclic amines) is 1. The maximum atomic E-state index is 12.6. The van der Waals surface area contributed by atoms with Gasteiger partial charge in [-0.25, -0.2) is 4.98 Å². The highest BCUT2D eigenvalue weighted by molar-refractivity contribution is 5.93.